The van der Waals surface area contributed by atoms with E-state index in [0.29, 0.717) is 6.42 Å². The Morgan fingerprint density at radius 2 is 2.00 bits per heavy atom. The topological polar surface area (TPSA) is 44.0 Å². The van der Waals surface area contributed by atoms with Gasteiger partial charge in [-0.3, -0.25) is 0 Å². The molecule has 1 N–H and O–H groups in total. The summed E-state index contributed by atoms with van der Waals surface area (Å²) in [6, 6.07) is 13.2. The third kappa shape index (κ3) is 1.40. The molecule has 0 heterocycles. The lowest BCUT2D eigenvalue weighted by molar-refractivity contribution is 0.475. The van der Waals surface area contributed by atoms with Crippen LogP contribution in [0.2, 0.25) is 0 Å². The van der Waals surface area contributed by atoms with E-state index in [1.165, 1.54) is 0 Å². The molecule has 0 saturated heterocycles. The third-order valence-corrected chi connectivity index (χ3v) is 2.20. The van der Waals surface area contributed by atoms with Crippen molar-refractivity contribution in [1.29, 1.82) is 5.26 Å². The smallest absolute Gasteiger partial charge is 0.116 e. The van der Waals surface area contributed by atoms with Crippen molar-refractivity contribution in [3.63, 3.8) is 0 Å². The highest BCUT2D eigenvalue weighted by atomic mass is 16.3. The maximum atomic E-state index is 9.43. The molecule has 0 saturated carbocycles. The number of nitriles is 1. The summed E-state index contributed by atoms with van der Waals surface area (Å²) in [5.41, 5.74) is 0.878. The van der Waals surface area contributed by atoms with E-state index in [9.17, 15) is 5.11 Å². The molecule has 2 aromatic rings. The fourth-order valence-electron chi connectivity index (χ4n) is 1.60. The molecule has 0 spiro atoms. The number of rotatable bonds is 1. The lowest BCUT2D eigenvalue weighted by Gasteiger charge is -2.03. The number of benzene rings is 2. The molecule has 0 unspecified atom stereocenters. The monoisotopic (exact) mass is 183 g/mol. The Labute approximate surface area is 82.0 Å². The molecule has 0 bridgehead atoms. The van der Waals surface area contributed by atoms with Crippen molar-refractivity contribution in [3.05, 3.63) is 42.0 Å². The van der Waals surface area contributed by atoms with E-state index in [2.05, 4.69) is 6.07 Å². The van der Waals surface area contributed by atoms with Gasteiger partial charge >= 0.3 is 0 Å². The molecule has 0 aliphatic rings. The standard InChI is InChI=1S/C12H9NO/c13-6-5-10-8-11(14)7-9-3-1-2-4-12(9)10/h1-4,7-8,14H,5H2. The maximum Gasteiger partial charge on any atom is 0.116 e. The van der Waals surface area contributed by atoms with E-state index in [0.717, 1.165) is 16.3 Å². The molecule has 2 rings (SSSR count). The number of nitrogens with zero attached hydrogens (tertiary/aromatic N) is 1. The Kier molecular flexibility index (Phi) is 2.08. The van der Waals surface area contributed by atoms with Crippen LogP contribution in [0.5, 0.6) is 5.75 Å². The van der Waals surface area contributed by atoms with Crippen molar-refractivity contribution in [2.75, 3.05) is 0 Å². The molecule has 2 aromatic carbocycles. The number of phenols is 1. The average molecular weight is 183 g/mol. The highest BCUT2D eigenvalue weighted by molar-refractivity contribution is 5.87. The zero-order valence-electron chi connectivity index (χ0n) is 7.57. The van der Waals surface area contributed by atoms with Crippen molar-refractivity contribution in [2.45, 2.75) is 6.42 Å². The SMILES string of the molecule is N#CCc1cc(O)cc2ccccc12. The van der Waals surface area contributed by atoms with Gasteiger partial charge in [0.1, 0.15) is 5.75 Å². The zero-order chi connectivity index (χ0) is 9.97. The molecule has 68 valence electrons. The minimum atomic E-state index is 0.217. The number of fused-ring (bicyclic) bond motifs is 1. The van der Waals surface area contributed by atoms with Crippen LogP contribution < -0.4 is 0 Å². The predicted molar refractivity (Wildman–Crippen MR) is 54.9 cm³/mol. The molecule has 0 aliphatic heterocycles. The van der Waals surface area contributed by atoms with Gasteiger partial charge in [0, 0.05) is 0 Å². The maximum absolute atomic E-state index is 9.43. The van der Waals surface area contributed by atoms with Gasteiger partial charge in [0.25, 0.3) is 0 Å². The summed E-state index contributed by atoms with van der Waals surface area (Å²) in [7, 11) is 0. The van der Waals surface area contributed by atoms with Crippen LogP contribution in [0.15, 0.2) is 36.4 Å². The Bertz CT molecular complexity index is 511. The fraction of sp³-hybridized carbons (Fsp3) is 0.0833. The van der Waals surface area contributed by atoms with Gasteiger partial charge in [-0.1, -0.05) is 24.3 Å². The summed E-state index contributed by atoms with van der Waals surface area (Å²) in [6.45, 7) is 0. The van der Waals surface area contributed by atoms with Crippen LogP contribution in [0, 0.1) is 11.3 Å². The number of hydrogen-bond acceptors (Lipinski definition) is 2. The van der Waals surface area contributed by atoms with E-state index in [-0.39, 0.29) is 5.75 Å². The van der Waals surface area contributed by atoms with Crippen molar-refractivity contribution in [1.82, 2.24) is 0 Å². The number of aromatic hydroxyl groups is 1. The zero-order valence-corrected chi connectivity index (χ0v) is 7.57. The second kappa shape index (κ2) is 3.39. The predicted octanol–water partition coefficient (Wildman–Crippen LogP) is 2.61. The van der Waals surface area contributed by atoms with Crippen LogP contribution in [0.3, 0.4) is 0 Å². The fourth-order valence-corrected chi connectivity index (χ4v) is 1.60. The molecule has 2 nitrogen and oxygen atoms in total. The van der Waals surface area contributed by atoms with Crippen LogP contribution in [-0.4, -0.2) is 5.11 Å². The largest absolute Gasteiger partial charge is 0.508 e. The van der Waals surface area contributed by atoms with Crippen molar-refractivity contribution < 1.29 is 5.11 Å². The minimum Gasteiger partial charge on any atom is -0.508 e. The van der Waals surface area contributed by atoms with Gasteiger partial charge < -0.3 is 5.11 Å². The normalized spacial score (nSPS) is 9.93. The first-order chi connectivity index (χ1) is 6.81. The van der Waals surface area contributed by atoms with E-state index < -0.39 is 0 Å². The summed E-state index contributed by atoms with van der Waals surface area (Å²) < 4.78 is 0. The third-order valence-electron chi connectivity index (χ3n) is 2.20. The Morgan fingerprint density at radius 3 is 2.79 bits per heavy atom. The van der Waals surface area contributed by atoms with Crippen molar-refractivity contribution in [2.24, 2.45) is 0 Å². The quantitative estimate of drug-likeness (QED) is 0.738. The summed E-state index contributed by atoms with van der Waals surface area (Å²) in [4.78, 5) is 0. The molecular formula is C12H9NO. The molecule has 0 aromatic heterocycles. The van der Waals surface area contributed by atoms with Crippen LogP contribution in [0.4, 0.5) is 0 Å². The Hall–Kier alpha value is -2.01. The van der Waals surface area contributed by atoms with Crippen LogP contribution >= 0.6 is 0 Å². The van der Waals surface area contributed by atoms with Crippen LogP contribution in [0.25, 0.3) is 10.8 Å². The lowest BCUT2D eigenvalue weighted by atomic mass is 10.0. The first-order valence-corrected chi connectivity index (χ1v) is 4.39. The number of hydrogen-bond donors (Lipinski definition) is 1. The molecule has 0 atom stereocenters. The van der Waals surface area contributed by atoms with Gasteiger partial charge in [-0.2, -0.15) is 5.26 Å². The van der Waals surface area contributed by atoms with Gasteiger partial charge in [0.2, 0.25) is 0 Å². The van der Waals surface area contributed by atoms with Crippen LogP contribution in [-0.2, 0) is 6.42 Å². The number of phenolic OH excluding ortho intramolecular Hbond substituents is 1. The molecule has 14 heavy (non-hydrogen) atoms. The van der Waals surface area contributed by atoms with E-state index in [1.54, 1.807) is 12.1 Å². The Morgan fingerprint density at radius 1 is 1.21 bits per heavy atom. The second-order valence-electron chi connectivity index (χ2n) is 3.16. The van der Waals surface area contributed by atoms with Gasteiger partial charge in [0.15, 0.2) is 0 Å². The second-order valence-corrected chi connectivity index (χ2v) is 3.16. The molecule has 0 radical (unpaired) electrons. The van der Waals surface area contributed by atoms with Crippen LogP contribution in [0.1, 0.15) is 5.56 Å². The van der Waals surface area contributed by atoms with E-state index in [1.807, 2.05) is 24.3 Å². The highest BCUT2D eigenvalue weighted by Crippen LogP contribution is 2.24. The molecule has 0 amide bonds. The summed E-state index contributed by atoms with van der Waals surface area (Å²) in [5.74, 6) is 0.217. The molecule has 2 heteroatoms. The summed E-state index contributed by atoms with van der Waals surface area (Å²) in [5, 5.41) is 20.1. The lowest BCUT2D eigenvalue weighted by Crippen LogP contribution is -1.84. The molecule has 0 aliphatic carbocycles. The van der Waals surface area contributed by atoms with E-state index >= 15 is 0 Å². The van der Waals surface area contributed by atoms with Gasteiger partial charge in [-0.15, -0.1) is 0 Å². The van der Waals surface area contributed by atoms with Gasteiger partial charge in [-0.25, -0.2) is 0 Å². The highest BCUT2D eigenvalue weighted by Gasteiger charge is 2.02. The van der Waals surface area contributed by atoms with Crippen molar-refractivity contribution >= 4 is 10.8 Å². The first-order valence-electron chi connectivity index (χ1n) is 4.39. The Balaban J connectivity index is 2.74. The van der Waals surface area contributed by atoms with Crippen molar-refractivity contribution in [3.8, 4) is 11.8 Å². The average Bonchev–Trinajstić information content (AvgIpc) is 2.18. The van der Waals surface area contributed by atoms with E-state index in [4.69, 9.17) is 5.26 Å². The first kappa shape index (κ1) is 8.58. The molecular weight excluding hydrogens is 174 g/mol. The van der Waals surface area contributed by atoms with Gasteiger partial charge in [0.05, 0.1) is 12.5 Å². The molecule has 0 fully saturated rings. The summed E-state index contributed by atoms with van der Waals surface area (Å²) in [6.07, 6.45) is 0.328. The minimum absolute atomic E-state index is 0.217. The van der Waals surface area contributed by atoms with Gasteiger partial charge in [-0.05, 0) is 28.5 Å². The summed E-state index contributed by atoms with van der Waals surface area (Å²) >= 11 is 0.